The van der Waals surface area contributed by atoms with Gasteiger partial charge < -0.3 is 35.8 Å². The molecule has 19 nitrogen and oxygen atoms in total. The van der Waals surface area contributed by atoms with Crippen molar-refractivity contribution in [2.45, 2.75) is 78.1 Å². The number of fused-ring (bicyclic) bond motifs is 1. The van der Waals surface area contributed by atoms with Gasteiger partial charge in [-0.2, -0.15) is 19.0 Å². The number of rotatable bonds is 19. The second-order valence-electron chi connectivity index (χ2n) is 20.4. The Balaban J connectivity index is 0.831. The molecule has 0 radical (unpaired) electrons. The second kappa shape index (κ2) is 23.2. The molecule has 418 valence electrons. The van der Waals surface area contributed by atoms with Crippen LogP contribution in [0.5, 0.6) is 11.5 Å². The normalized spacial score (nSPS) is 15.5. The number of β-amino-alcohol motifs (C(OH)–C–C–N with tert-alkyl or cyclic N) is 1. The van der Waals surface area contributed by atoms with Crippen LogP contribution in [0.1, 0.15) is 57.0 Å². The number of amides is 3. The Labute approximate surface area is 463 Å². The van der Waals surface area contributed by atoms with E-state index in [-0.39, 0.29) is 43.4 Å². The first-order valence-electron chi connectivity index (χ1n) is 25.3. The lowest BCUT2D eigenvalue weighted by molar-refractivity contribution is -0.148. The van der Waals surface area contributed by atoms with Crippen molar-refractivity contribution in [1.29, 1.82) is 0 Å². The molecule has 80 heavy (non-hydrogen) atoms. The molecule has 4 aromatic heterocycles. The number of hydrogen-bond donors (Lipinski definition) is 5. The summed E-state index contributed by atoms with van der Waals surface area (Å²) in [6, 6.07) is 23.1. The highest BCUT2D eigenvalue weighted by Crippen LogP contribution is 2.41. The number of thiazole rings is 1. The zero-order valence-electron chi connectivity index (χ0n) is 44.4. The zero-order valence-corrected chi connectivity index (χ0v) is 46.0. The predicted octanol–water partition coefficient (Wildman–Crippen LogP) is 8.71. The topological polar surface area (TPSA) is 251 Å². The van der Waals surface area contributed by atoms with E-state index in [2.05, 4.69) is 25.7 Å². The lowest BCUT2D eigenvalue weighted by Crippen LogP contribution is -2.52. The Morgan fingerprint density at radius 1 is 0.950 bits per heavy atom. The number of benzene rings is 4. The number of nitrogen functional groups attached to an aromatic ring is 1. The highest BCUT2D eigenvalue weighted by Gasteiger charge is 2.47. The minimum atomic E-state index is -5.09. The van der Waals surface area contributed by atoms with Gasteiger partial charge in [0, 0.05) is 61.3 Å². The van der Waals surface area contributed by atoms with Crippen molar-refractivity contribution in [2.75, 3.05) is 28.9 Å². The Morgan fingerprint density at radius 2 is 1.66 bits per heavy atom. The van der Waals surface area contributed by atoms with Crippen LogP contribution in [0.25, 0.3) is 43.7 Å². The highest BCUT2D eigenvalue weighted by molar-refractivity contribution is 7.93. The number of hydrogen-bond acceptors (Lipinski definition) is 14. The van der Waals surface area contributed by atoms with Gasteiger partial charge in [-0.25, -0.2) is 22.8 Å². The van der Waals surface area contributed by atoms with Gasteiger partial charge in [0.15, 0.2) is 0 Å². The second-order valence-corrected chi connectivity index (χ2v) is 22.9. The summed E-state index contributed by atoms with van der Waals surface area (Å²) < 4.78 is 82.6. The number of anilines is 3. The molecule has 0 aliphatic carbocycles. The van der Waals surface area contributed by atoms with E-state index in [1.165, 1.54) is 47.4 Å². The van der Waals surface area contributed by atoms with Gasteiger partial charge in [-0.05, 0) is 84.5 Å². The third kappa shape index (κ3) is 12.4. The summed E-state index contributed by atoms with van der Waals surface area (Å²) in [5.74, 6) is -6.44. The van der Waals surface area contributed by atoms with Crippen molar-refractivity contribution >= 4 is 67.2 Å². The molecule has 1 saturated heterocycles. The van der Waals surface area contributed by atoms with E-state index in [9.17, 15) is 41.1 Å². The fraction of sp³-hybridized carbons (Fsp3) is 0.304. The molecule has 1 aliphatic rings. The Hall–Kier alpha value is -8.35. The van der Waals surface area contributed by atoms with Gasteiger partial charge in [-0.3, -0.25) is 28.5 Å². The summed E-state index contributed by atoms with van der Waals surface area (Å²) in [4.78, 5) is 53.0. The molecule has 24 heteroatoms. The van der Waals surface area contributed by atoms with Gasteiger partial charge in [-0.1, -0.05) is 63.2 Å². The molecule has 1 fully saturated rings. The number of sulfonamides is 1. The van der Waals surface area contributed by atoms with E-state index >= 15 is 0 Å². The van der Waals surface area contributed by atoms with E-state index in [1.807, 2.05) is 35.9 Å². The van der Waals surface area contributed by atoms with E-state index < -0.39 is 68.9 Å². The zero-order chi connectivity index (χ0) is 57.2. The van der Waals surface area contributed by atoms with E-state index in [1.54, 1.807) is 104 Å². The van der Waals surface area contributed by atoms with Crippen LogP contribution in [0.4, 0.5) is 30.4 Å². The van der Waals surface area contributed by atoms with E-state index in [0.717, 1.165) is 21.7 Å². The molecule has 4 aromatic carbocycles. The van der Waals surface area contributed by atoms with Crippen molar-refractivity contribution < 1.29 is 50.6 Å². The number of nitrogens with one attached hydrogen (secondary N) is 3. The van der Waals surface area contributed by atoms with E-state index in [4.69, 9.17) is 20.3 Å². The molecule has 8 aromatic rings. The molecule has 0 spiro atoms. The van der Waals surface area contributed by atoms with Crippen LogP contribution in [-0.4, -0.2) is 96.7 Å². The quantitative estimate of drug-likeness (QED) is 0.0476. The molecule has 0 saturated carbocycles. The maximum Gasteiger partial charge on any atom is 0.355 e. The molecule has 1 aliphatic heterocycles. The monoisotopic (exact) mass is 1130 g/mol. The number of alkyl halides is 2. The number of nitrogens with zero attached hydrogens (tertiary/aromatic N) is 7. The number of halogens is 3. The lowest BCUT2D eigenvalue weighted by Gasteiger charge is -2.34. The van der Waals surface area contributed by atoms with Gasteiger partial charge >= 0.3 is 5.76 Å². The third-order valence-electron chi connectivity index (χ3n) is 13.6. The van der Waals surface area contributed by atoms with Gasteiger partial charge in [0.2, 0.25) is 17.7 Å². The molecule has 5 heterocycles. The van der Waals surface area contributed by atoms with Gasteiger partial charge in [-0.15, -0.1) is 11.3 Å². The molecule has 4 atom stereocenters. The number of pyridine rings is 1. The average Bonchev–Trinajstić information content (AvgIpc) is 4.30. The van der Waals surface area contributed by atoms with Crippen molar-refractivity contribution in [3.63, 3.8) is 0 Å². The van der Waals surface area contributed by atoms with Crippen LogP contribution in [-0.2, 0) is 44.5 Å². The molecule has 0 unspecified atom stereocenters. The van der Waals surface area contributed by atoms with Crippen LogP contribution in [0, 0.1) is 24.1 Å². The molecule has 6 N–H and O–H groups in total. The molecular weight excluding hydrogens is 1080 g/mol. The largest absolute Gasteiger partial charge is 0.492 e. The van der Waals surface area contributed by atoms with Crippen LogP contribution in [0.3, 0.4) is 0 Å². The molecule has 0 bridgehead atoms. The third-order valence-corrected chi connectivity index (χ3v) is 15.6. The SMILES string of the molecule is Cc1ncsc1-c1ccc(CNC(=O)[C@@H]2C[C@@H](O)CN2C(=O)[C@H](C(=O)Nc2ccc(OCCn3cc(-c4cnc(N)c5c(-c6ccc(NS(=O)(=O)C(F)F)c(O[C@@H](C)c7ccc(F)cc7)c6)nn(C)c45)cn3)cc2)C(C)(C)C)cc1. The van der Waals surface area contributed by atoms with Gasteiger partial charge in [0.25, 0.3) is 10.0 Å². The number of aliphatic hydroxyl groups excluding tert-OH is 1. The maximum atomic E-state index is 14.3. The van der Waals surface area contributed by atoms with E-state index in [0.29, 0.717) is 56.8 Å². The number of aromatic nitrogens is 6. The fourth-order valence-corrected chi connectivity index (χ4v) is 10.9. The summed E-state index contributed by atoms with van der Waals surface area (Å²) in [7, 11) is -3.39. The average molecular weight is 1130 g/mol. The number of likely N-dealkylation sites (tertiary alicyclic amines) is 1. The first-order chi connectivity index (χ1) is 38.0. The smallest absolute Gasteiger partial charge is 0.355 e. The number of aryl methyl sites for hydroxylation is 2. The van der Waals surface area contributed by atoms with Crippen molar-refractivity contribution in [1.82, 2.24) is 39.7 Å². The summed E-state index contributed by atoms with van der Waals surface area (Å²) in [5, 5.41) is 26.2. The van der Waals surface area contributed by atoms with Crippen LogP contribution in [0.2, 0.25) is 0 Å². The van der Waals surface area contributed by atoms with Crippen molar-refractivity contribution in [2.24, 2.45) is 18.4 Å². The highest BCUT2D eigenvalue weighted by atomic mass is 32.2. The molecular formula is C56H58F3N11O8S2. The van der Waals surface area contributed by atoms with Gasteiger partial charge in [0.05, 0.1) is 51.5 Å². The first-order valence-corrected chi connectivity index (χ1v) is 27.8. The van der Waals surface area contributed by atoms with Crippen LogP contribution in [0.15, 0.2) is 115 Å². The van der Waals surface area contributed by atoms with Crippen molar-refractivity contribution in [3.8, 4) is 44.3 Å². The van der Waals surface area contributed by atoms with Crippen molar-refractivity contribution in [3.05, 3.63) is 138 Å². The summed E-state index contributed by atoms with van der Waals surface area (Å²) >= 11 is 1.55. The number of carbonyl (C=O) groups excluding carboxylic acids is 3. The number of carbonyl (C=O) groups is 3. The first kappa shape index (κ1) is 56.4. The standard InChI is InChI=1S/C56H58F3N11O8S2/c1-31-50(79-30-63-31)35-9-7-33(8-10-35)25-62-52(72)44-24-40(71)29-70(44)54(74)47(56(3,4)5)53(73)65-39-16-18-41(19-17-39)77-22-21-69-28-37(26-64-69)42-27-61-51(60)46-48(66-68(6)49(42)46)36-13-20-43(67-80(75,76)55(58)59)45(23-36)78-32(2)34-11-14-38(57)15-12-34/h7-20,23,26-28,30,32,40,44,47,55,67,71H,21-22,24-25,29H2,1-6H3,(H2,60,61)(H,62,72)(H,65,73)/t32-,40+,44-,47-/m0/s1. The van der Waals surface area contributed by atoms with Crippen LogP contribution >= 0.6 is 11.3 Å². The minimum Gasteiger partial charge on any atom is -0.492 e. The lowest BCUT2D eigenvalue weighted by atomic mass is 9.79. The Kier molecular flexibility index (Phi) is 16.3. The Bertz CT molecular complexity index is 3680. The summed E-state index contributed by atoms with van der Waals surface area (Å²) in [6.07, 6.45) is 3.35. The molecule has 9 rings (SSSR count). The number of nitrogens with two attached hydrogens (primary N) is 1. The minimum absolute atomic E-state index is 0.0347. The summed E-state index contributed by atoms with van der Waals surface area (Å²) in [6.45, 7) is 9.53. The predicted molar refractivity (Wildman–Crippen MR) is 297 cm³/mol. The number of ether oxygens (including phenoxy) is 2. The van der Waals surface area contributed by atoms with Gasteiger partial charge in [0.1, 0.15) is 53.5 Å². The fourth-order valence-electron chi connectivity index (χ4n) is 9.53. The number of aliphatic hydroxyl groups is 1. The molecule has 3 amide bonds. The van der Waals surface area contributed by atoms with Crippen LogP contribution < -0.4 is 30.6 Å². The summed E-state index contributed by atoms with van der Waals surface area (Å²) in [5.41, 5.74) is 13.5. The maximum absolute atomic E-state index is 14.3. The Morgan fingerprint density at radius 3 is 2.34 bits per heavy atom.